The molecule has 0 saturated carbocycles. The van der Waals surface area contributed by atoms with Gasteiger partial charge in [0.15, 0.2) is 4.34 Å². The Morgan fingerprint density at radius 3 is 2.37 bits per heavy atom. The van der Waals surface area contributed by atoms with E-state index < -0.39 is 32.8 Å². The van der Waals surface area contributed by atoms with Crippen LogP contribution >= 0.6 is 22.9 Å². The van der Waals surface area contributed by atoms with Crippen molar-refractivity contribution < 1.29 is 23.6 Å². The van der Waals surface area contributed by atoms with E-state index in [1.807, 2.05) is 0 Å². The van der Waals surface area contributed by atoms with E-state index in [2.05, 4.69) is 0 Å². The minimum absolute atomic E-state index is 0.233. The van der Waals surface area contributed by atoms with Crippen molar-refractivity contribution in [2.24, 2.45) is 0 Å². The Labute approximate surface area is 117 Å². The van der Waals surface area contributed by atoms with Gasteiger partial charge in [0, 0.05) is 19.2 Å². The molecule has 0 unspecified atom stereocenters. The van der Waals surface area contributed by atoms with Gasteiger partial charge < -0.3 is 10.2 Å². The molecule has 11 heteroatoms. The van der Waals surface area contributed by atoms with Crippen molar-refractivity contribution in [3.05, 3.63) is 20.5 Å². The molecular formula is C8H9ClN2O6S2. The molecule has 2 N–H and O–H groups in total. The highest BCUT2D eigenvalue weighted by atomic mass is 35.5. The Balaban J connectivity index is 2.35. The molecule has 2 atom stereocenters. The molecule has 0 aliphatic carbocycles. The van der Waals surface area contributed by atoms with Crippen LogP contribution in [-0.4, -0.2) is 53.2 Å². The van der Waals surface area contributed by atoms with Gasteiger partial charge in [0.2, 0.25) is 0 Å². The molecule has 0 bridgehead atoms. The number of nitro groups is 1. The molecule has 1 aromatic rings. The second-order valence-electron chi connectivity index (χ2n) is 3.94. The van der Waals surface area contributed by atoms with E-state index in [0.29, 0.717) is 11.3 Å². The summed E-state index contributed by atoms with van der Waals surface area (Å²) >= 11 is 6.17. The lowest BCUT2D eigenvalue weighted by Crippen LogP contribution is -2.29. The van der Waals surface area contributed by atoms with Crippen molar-refractivity contribution in [3.63, 3.8) is 0 Å². The number of rotatable bonds is 3. The Morgan fingerprint density at radius 1 is 1.42 bits per heavy atom. The maximum absolute atomic E-state index is 12.1. The van der Waals surface area contributed by atoms with Crippen molar-refractivity contribution in [1.29, 1.82) is 0 Å². The van der Waals surface area contributed by atoms with E-state index in [9.17, 15) is 28.7 Å². The Bertz CT molecular complexity index is 605. The van der Waals surface area contributed by atoms with Gasteiger partial charge in [-0.1, -0.05) is 11.6 Å². The van der Waals surface area contributed by atoms with Crippen LogP contribution in [0.2, 0.25) is 4.34 Å². The monoisotopic (exact) mass is 328 g/mol. The van der Waals surface area contributed by atoms with Crippen molar-refractivity contribution in [2.45, 2.75) is 16.4 Å². The molecule has 0 radical (unpaired) electrons. The third-order valence-electron chi connectivity index (χ3n) is 2.66. The van der Waals surface area contributed by atoms with Gasteiger partial charge in [0.25, 0.3) is 15.7 Å². The zero-order chi connectivity index (χ0) is 14.4. The van der Waals surface area contributed by atoms with Gasteiger partial charge in [-0.2, -0.15) is 4.31 Å². The first-order valence-corrected chi connectivity index (χ1v) is 7.67. The van der Waals surface area contributed by atoms with Crippen LogP contribution in [0.25, 0.3) is 0 Å². The number of hydrogen-bond acceptors (Lipinski definition) is 7. The number of nitrogens with zero attached hydrogens (tertiary/aromatic N) is 2. The fraction of sp³-hybridized carbons (Fsp3) is 0.500. The summed E-state index contributed by atoms with van der Waals surface area (Å²) in [5.41, 5.74) is -0.481. The number of hydrogen-bond donors (Lipinski definition) is 2. The van der Waals surface area contributed by atoms with Crippen molar-refractivity contribution in [1.82, 2.24) is 4.31 Å². The predicted molar refractivity (Wildman–Crippen MR) is 66.8 cm³/mol. The molecular weight excluding hydrogens is 320 g/mol. The third kappa shape index (κ3) is 2.59. The maximum Gasteiger partial charge on any atom is 0.300 e. The van der Waals surface area contributed by atoms with Gasteiger partial charge in [0.1, 0.15) is 4.21 Å². The smallest absolute Gasteiger partial charge is 0.300 e. The zero-order valence-electron chi connectivity index (χ0n) is 9.26. The average Bonchev–Trinajstić information content (AvgIpc) is 2.84. The molecule has 2 rings (SSSR count). The largest absolute Gasteiger partial charge is 0.389 e. The van der Waals surface area contributed by atoms with E-state index in [4.69, 9.17) is 11.6 Å². The Hall–Kier alpha value is -0.780. The third-order valence-corrected chi connectivity index (χ3v) is 6.28. The van der Waals surface area contributed by atoms with Crippen LogP contribution in [0.15, 0.2) is 10.3 Å². The van der Waals surface area contributed by atoms with Gasteiger partial charge in [-0.15, -0.1) is 11.3 Å². The van der Waals surface area contributed by atoms with Crippen LogP contribution < -0.4 is 0 Å². The van der Waals surface area contributed by atoms with E-state index >= 15 is 0 Å². The van der Waals surface area contributed by atoms with Crippen LogP contribution in [0.3, 0.4) is 0 Å². The molecule has 106 valence electrons. The van der Waals surface area contributed by atoms with E-state index in [0.717, 1.165) is 10.4 Å². The maximum atomic E-state index is 12.1. The molecule has 1 aliphatic rings. The van der Waals surface area contributed by atoms with Gasteiger partial charge in [0.05, 0.1) is 17.1 Å². The van der Waals surface area contributed by atoms with Gasteiger partial charge in [-0.05, 0) is 0 Å². The Kier molecular flexibility index (Phi) is 3.82. The number of aliphatic hydroxyl groups is 2. The van der Waals surface area contributed by atoms with Crippen LogP contribution in [0, 0.1) is 10.1 Å². The summed E-state index contributed by atoms with van der Waals surface area (Å²) in [6, 6.07) is 0.874. The number of halogens is 1. The van der Waals surface area contributed by atoms with Crippen LogP contribution in [0.1, 0.15) is 0 Å². The SMILES string of the molecule is O=[N+]([O-])c1cc(S(=O)(=O)N2C[C@@H](O)[C@@H](O)C2)sc1Cl. The summed E-state index contributed by atoms with van der Waals surface area (Å²) in [5.74, 6) is 0. The molecule has 19 heavy (non-hydrogen) atoms. The normalized spacial score (nSPS) is 24.8. The fourth-order valence-corrected chi connectivity index (χ4v) is 4.94. The standard InChI is InChI=1S/C8H9ClN2O6S2/c9-8-4(11(14)15)1-7(18-8)19(16,17)10-2-5(12)6(13)3-10/h1,5-6,12-13H,2-3H2/t5-,6+. The molecule has 2 heterocycles. The fourth-order valence-electron chi connectivity index (χ4n) is 1.65. The second-order valence-corrected chi connectivity index (χ2v) is 7.76. The van der Waals surface area contributed by atoms with Gasteiger partial charge >= 0.3 is 0 Å². The lowest BCUT2D eigenvalue weighted by atomic mass is 10.3. The first kappa shape index (κ1) is 14.6. The molecule has 0 aromatic carbocycles. The van der Waals surface area contributed by atoms with Crippen molar-refractivity contribution in [2.75, 3.05) is 13.1 Å². The average molecular weight is 329 g/mol. The zero-order valence-corrected chi connectivity index (χ0v) is 11.7. The highest BCUT2D eigenvalue weighted by molar-refractivity contribution is 7.91. The first-order chi connectivity index (χ1) is 8.73. The number of β-amino-alcohol motifs (C(OH)–C–C–N with tert-alkyl or cyclic N) is 2. The van der Waals surface area contributed by atoms with E-state index in [-0.39, 0.29) is 21.6 Å². The minimum Gasteiger partial charge on any atom is -0.389 e. The van der Waals surface area contributed by atoms with Crippen molar-refractivity contribution in [3.8, 4) is 0 Å². The minimum atomic E-state index is -4.00. The highest BCUT2D eigenvalue weighted by Gasteiger charge is 2.39. The number of thiophene rings is 1. The summed E-state index contributed by atoms with van der Waals surface area (Å²) in [6.07, 6.45) is -2.33. The van der Waals surface area contributed by atoms with Crippen LogP contribution in [0.5, 0.6) is 0 Å². The molecule has 0 amide bonds. The lowest BCUT2D eigenvalue weighted by Gasteiger charge is -2.13. The summed E-state index contributed by atoms with van der Waals surface area (Å²) in [6.45, 7) is -0.514. The molecule has 1 saturated heterocycles. The van der Waals surface area contributed by atoms with Crippen LogP contribution in [0.4, 0.5) is 5.69 Å². The molecule has 1 fully saturated rings. The summed E-state index contributed by atoms with van der Waals surface area (Å²) < 4.78 is 24.6. The molecule has 1 aliphatic heterocycles. The topological polar surface area (TPSA) is 121 Å². The molecule has 1 aromatic heterocycles. The predicted octanol–water partition coefficient (Wildman–Crippen LogP) is 0.0358. The van der Waals surface area contributed by atoms with Crippen LogP contribution in [-0.2, 0) is 10.0 Å². The number of sulfonamides is 1. The summed E-state index contributed by atoms with van der Waals surface area (Å²) in [7, 11) is -4.00. The quantitative estimate of drug-likeness (QED) is 0.596. The summed E-state index contributed by atoms with van der Waals surface area (Å²) in [5, 5.41) is 29.3. The van der Waals surface area contributed by atoms with Crippen molar-refractivity contribution >= 4 is 38.6 Å². The number of aliphatic hydroxyl groups excluding tert-OH is 2. The summed E-state index contributed by atoms with van der Waals surface area (Å²) in [4.78, 5) is 9.85. The first-order valence-electron chi connectivity index (χ1n) is 5.03. The molecule has 8 nitrogen and oxygen atoms in total. The highest BCUT2D eigenvalue weighted by Crippen LogP contribution is 2.38. The lowest BCUT2D eigenvalue weighted by molar-refractivity contribution is -0.384. The van der Waals surface area contributed by atoms with Gasteiger partial charge in [-0.25, -0.2) is 8.42 Å². The van der Waals surface area contributed by atoms with E-state index in [1.165, 1.54) is 0 Å². The second kappa shape index (κ2) is 4.96. The van der Waals surface area contributed by atoms with E-state index in [1.54, 1.807) is 0 Å². The molecule has 0 spiro atoms. The van der Waals surface area contributed by atoms with Gasteiger partial charge in [-0.3, -0.25) is 10.1 Å². The Morgan fingerprint density at radius 2 is 1.95 bits per heavy atom.